The number of nitrogens with zero attached hydrogens (tertiary/aromatic N) is 1. The molecule has 2 atom stereocenters. The van der Waals surface area contributed by atoms with Crippen molar-refractivity contribution >= 4 is 11.8 Å². The topological polar surface area (TPSA) is 125 Å². The summed E-state index contributed by atoms with van der Waals surface area (Å²) in [4.78, 5) is 26.6. The molecule has 0 radical (unpaired) electrons. The predicted molar refractivity (Wildman–Crippen MR) is 155 cm³/mol. The van der Waals surface area contributed by atoms with Gasteiger partial charge in [0.2, 0.25) is 5.91 Å². The van der Waals surface area contributed by atoms with E-state index in [9.17, 15) is 19.1 Å². The van der Waals surface area contributed by atoms with Crippen LogP contribution in [-0.2, 0) is 16.9 Å². The second-order valence-electron chi connectivity index (χ2n) is 10.5. The van der Waals surface area contributed by atoms with Gasteiger partial charge in [-0.05, 0) is 72.7 Å². The zero-order valence-electron chi connectivity index (χ0n) is 23.6. The number of halogens is 2. The van der Waals surface area contributed by atoms with Gasteiger partial charge in [-0.2, -0.15) is 0 Å². The van der Waals surface area contributed by atoms with Crippen molar-refractivity contribution in [2.45, 2.75) is 37.8 Å². The van der Waals surface area contributed by atoms with Crippen LogP contribution in [0.1, 0.15) is 47.2 Å². The molecule has 10 heteroatoms. The van der Waals surface area contributed by atoms with Crippen LogP contribution in [0.25, 0.3) is 11.1 Å². The number of ether oxygens (including phenoxy) is 1. The molecule has 8 nitrogen and oxygen atoms in total. The largest absolute Gasteiger partial charge is 0.497 e. The van der Waals surface area contributed by atoms with Gasteiger partial charge < -0.3 is 30.9 Å². The number of aliphatic hydroxyl groups excluding tert-OH is 1. The summed E-state index contributed by atoms with van der Waals surface area (Å²) in [5, 5.41) is 24.2. The number of carbonyl (C=O) groups excluding carboxylic acids is 2. The van der Waals surface area contributed by atoms with Crippen LogP contribution in [0.2, 0.25) is 0 Å². The van der Waals surface area contributed by atoms with E-state index in [0.717, 1.165) is 0 Å². The van der Waals surface area contributed by atoms with E-state index >= 15 is 4.39 Å². The zero-order valence-corrected chi connectivity index (χ0v) is 23.6. The van der Waals surface area contributed by atoms with Crippen molar-refractivity contribution in [2.24, 2.45) is 11.7 Å². The molecule has 0 saturated carbocycles. The highest BCUT2D eigenvalue weighted by Gasteiger charge is 2.43. The van der Waals surface area contributed by atoms with Gasteiger partial charge in [0.15, 0.2) is 0 Å². The fraction of sp³-hybridized carbons (Fsp3) is 0.375. The molecule has 0 spiro atoms. The summed E-state index contributed by atoms with van der Waals surface area (Å²) in [6, 6.07) is 15.7. The van der Waals surface area contributed by atoms with Crippen LogP contribution < -0.4 is 15.8 Å². The summed E-state index contributed by atoms with van der Waals surface area (Å²) in [6.45, 7) is 0.162. The SMILES string of the molecule is COc1cccc(-c2c(F)cccc2C(O)(CCCNC(=O)CO)C2CCCN(C(=O)c3ccc(CN)cc3F)C2)c1. The molecule has 2 unspecified atom stereocenters. The first kappa shape index (κ1) is 31.1. The number of likely N-dealkylation sites (tertiary alicyclic amines) is 1. The Bertz CT molecular complexity index is 1420. The fourth-order valence-electron chi connectivity index (χ4n) is 5.74. The lowest BCUT2D eigenvalue weighted by molar-refractivity contribution is -0.123. The molecule has 42 heavy (non-hydrogen) atoms. The summed E-state index contributed by atoms with van der Waals surface area (Å²) in [6.07, 6.45) is 1.53. The second kappa shape index (κ2) is 13.9. The number of benzene rings is 3. The number of nitrogens with two attached hydrogens (primary N) is 1. The fourth-order valence-corrected chi connectivity index (χ4v) is 5.74. The van der Waals surface area contributed by atoms with Gasteiger partial charge in [0.25, 0.3) is 5.91 Å². The quantitative estimate of drug-likeness (QED) is 0.256. The Kier molecular flexibility index (Phi) is 10.3. The molecule has 3 aromatic carbocycles. The maximum atomic E-state index is 15.6. The van der Waals surface area contributed by atoms with Gasteiger partial charge in [-0.1, -0.05) is 30.3 Å². The average Bonchev–Trinajstić information content (AvgIpc) is 3.02. The minimum absolute atomic E-state index is 0.0778. The van der Waals surface area contributed by atoms with E-state index in [2.05, 4.69) is 5.32 Å². The maximum absolute atomic E-state index is 15.6. The molecule has 1 aliphatic rings. The number of nitrogens with one attached hydrogen (secondary N) is 1. The van der Waals surface area contributed by atoms with E-state index in [1.54, 1.807) is 36.4 Å². The molecule has 3 aromatic rings. The molecule has 2 amide bonds. The van der Waals surface area contributed by atoms with Gasteiger partial charge in [-0.3, -0.25) is 9.59 Å². The first-order chi connectivity index (χ1) is 20.2. The van der Waals surface area contributed by atoms with Crippen molar-refractivity contribution in [1.29, 1.82) is 0 Å². The maximum Gasteiger partial charge on any atom is 0.256 e. The van der Waals surface area contributed by atoms with Crippen molar-refractivity contribution in [1.82, 2.24) is 10.2 Å². The lowest BCUT2D eigenvalue weighted by Crippen LogP contribution is -2.48. The number of methoxy groups -OCH3 is 1. The van der Waals surface area contributed by atoms with E-state index in [1.807, 2.05) is 0 Å². The third-order valence-corrected chi connectivity index (χ3v) is 7.92. The van der Waals surface area contributed by atoms with Gasteiger partial charge in [0.1, 0.15) is 24.0 Å². The highest BCUT2D eigenvalue weighted by atomic mass is 19.1. The summed E-state index contributed by atoms with van der Waals surface area (Å²) in [5.41, 5.74) is 5.55. The molecule has 0 bridgehead atoms. The minimum atomic E-state index is -1.62. The smallest absolute Gasteiger partial charge is 0.256 e. The first-order valence-electron chi connectivity index (χ1n) is 14.0. The third-order valence-electron chi connectivity index (χ3n) is 7.92. The average molecular weight is 582 g/mol. The predicted octanol–water partition coefficient (Wildman–Crippen LogP) is 3.73. The molecular formula is C32H37F2N3O5. The molecular weight excluding hydrogens is 544 g/mol. The number of aliphatic hydroxyl groups is 2. The van der Waals surface area contributed by atoms with E-state index < -0.39 is 41.6 Å². The van der Waals surface area contributed by atoms with Crippen LogP contribution in [0.5, 0.6) is 5.75 Å². The van der Waals surface area contributed by atoms with Gasteiger partial charge in [-0.15, -0.1) is 0 Å². The van der Waals surface area contributed by atoms with Crippen LogP contribution >= 0.6 is 0 Å². The molecule has 5 N–H and O–H groups in total. The molecule has 1 fully saturated rings. The summed E-state index contributed by atoms with van der Waals surface area (Å²) < 4.78 is 35.8. The molecule has 1 heterocycles. The third kappa shape index (κ3) is 6.78. The van der Waals surface area contributed by atoms with Gasteiger partial charge in [0, 0.05) is 37.7 Å². The van der Waals surface area contributed by atoms with Crippen molar-refractivity contribution < 1.29 is 33.3 Å². The first-order valence-corrected chi connectivity index (χ1v) is 14.0. The lowest BCUT2D eigenvalue weighted by Gasteiger charge is -2.43. The number of piperidine rings is 1. The summed E-state index contributed by atoms with van der Waals surface area (Å²) in [7, 11) is 1.51. The number of carbonyl (C=O) groups is 2. The van der Waals surface area contributed by atoms with E-state index in [0.29, 0.717) is 48.2 Å². The number of hydrogen-bond acceptors (Lipinski definition) is 6. The number of amides is 2. The monoisotopic (exact) mass is 581 g/mol. The Labute approximate surface area is 244 Å². The van der Waals surface area contributed by atoms with E-state index in [1.165, 1.54) is 36.3 Å². The number of rotatable bonds is 11. The van der Waals surface area contributed by atoms with Crippen LogP contribution in [0.3, 0.4) is 0 Å². The standard InChI is InChI=1S/C32H37F2N3O5/c1-42-24-8-2-6-22(17-24)30-26(9-3-10-27(30)33)32(41,13-5-14-36-29(39)20-38)23-7-4-15-37(19-23)31(40)25-12-11-21(18-35)16-28(25)34/h2-3,6,8-12,16-17,23,38,41H,4-5,7,13-15,18-20,35H2,1H3,(H,36,39). The Morgan fingerprint density at radius 3 is 2.62 bits per heavy atom. The van der Waals surface area contributed by atoms with Crippen molar-refractivity contribution in [3.8, 4) is 16.9 Å². The highest BCUT2D eigenvalue weighted by Crippen LogP contribution is 2.44. The molecule has 0 aromatic heterocycles. The lowest BCUT2D eigenvalue weighted by atomic mass is 9.72. The molecule has 1 aliphatic heterocycles. The van der Waals surface area contributed by atoms with Crippen molar-refractivity contribution in [3.63, 3.8) is 0 Å². The highest BCUT2D eigenvalue weighted by molar-refractivity contribution is 5.94. The Hall–Kier alpha value is -3.86. The number of hydrogen-bond donors (Lipinski definition) is 4. The normalized spacial score (nSPS) is 16.5. The molecule has 1 saturated heterocycles. The Morgan fingerprint density at radius 1 is 1.12 bits per heavy atom. The van der Waals surface area contributed by atoms with Crippen LogP contribution in [0, 0.1) is 17.6 Å². The van der Waals surface area contributed by atoms with Gasteiger partial charge in [0.05, 0.1) is 18.3 Å². The summed E-state index contributed by atoms with van der Waals surface area (Å²) >= 11 is 0. The summed E-state index contributed by atoms with van der Waals surface area (Å²) in [5.74, 6) is -2.23. The molecule has 4 rings (SSSR count). The Balaban J connectivity index is 1.72. The van der Waals surface area contributed by atoms with Crippen LogP contribution in [0.4, 0.5) is 8.78 Å². The minimum Gasteiger partial charge on any atom is -0.497 e. The van der Waals surface area contributed by atoms with Crippen LogP contribution in [-0.4, -0.2) is 60.3 Å². The van der Waals surface area contributed by atoms with Crippen LogP contribution in [0.15, 0.2) is 60.7 Å². The van der Waals surface area contributed by atoms with E-state index in [4.69, 9.17) is 15.6 Å². The van der Waals surface area contributed by atoms with Gasteiger partial charge >= 0.3 is 0 Å². The zero-order chi connectivity index (χ0) is 30.3. The van der Waals surface area contributed by atoms with E-state index in [-0.39, 0.29) is 37.2 Å². The molecule has 0 aliphatic carbocycles. The second-order valence-corrected chi connectivity index (χ2v) is 10.5. The molecule has 224 valence electrons. The van der Waals surface area contributed by atoms with Crippen molar-refractivity contribution in [3.05, 3.63) is 89.0 Å². The Morgan fingerprint density at radius 2 is 1.90 bits per heavy atom. The van der Waals surface area contributed by atoms with Gasteiger partial charge in [-0.25, -0.2) is 8.78 Å². The van der Waals surface area contributed by atoms with Crippen molar-refractivity contribution in [2.75, 3.05) is 33.4 Å².